The fourth-order valence-corrected chi connectivity index (χ4v) is 2.37. The van der Waals surface area contributed by atoms with Crippen molar-refractivity contribution in [2.45, 2.75) is 0 Å². The lowest BCUT2D eigenvalue weighted by Crippen LogP contribution is -2.25. The number of hydrogen-bond donors (Lipinski definition) is 1. The predicted molar refractivity (Wildman–Crippen MR) is 51.3 cm³/mol. The van der Waals surface area contributed by atoms with Crippen LogP contribution in [0.15, 0.2) is 11.6 Å². The van der Waals surface area contributed by atoms with Gasteiger partial charge in [-0.25, -0.2) is 0 Å². The summed E-state index contributed by atoms with van der Waals surface area (Å²) in [4.78, 5) is 2.48. The number of halogens is 1. The zero-order valence-corrected chi connectivity index (χ0v) is 7.93. The second-order valence-electron chi connectivity index (χ2n) is 3.76. The van der Waals surface area contributed by atoms with E-state index in [4.69, 9.17) is 11.6 Å². The van der Waals surface area contributed by atoms with Crippen molar-refractivity contribution in [2.75, 3.05) is 32.7 Å². The summed E-state index contributed by atoms with van der Waals surface area (Å²) in [5.41, 5.74) is 1.62. The van der Waals surface area contributed by atoms with Crippen molar-refractivity contribution in [1.29, 1.82) is 0 Å². The highest BCUT2D eigenvalue weighted by Crippen LogP contribution is 2.25. The molecule has 0 bridgehead atoms. The van der Waals surface area contributed by atoms with Crippen molar-refractivity contribution in [3.8, 4) is 0 Å². The summed E-state index contributed by atoms with van der Waals surface area (Å²) >= 11 is 5.48. The van der Waals surface area contributed by atoms with Crippen LogP contribution in [0.25, 0.3) is 0 Å². The van der Waals surface area contributed by atoms with Gasteiger partial charge >= 0.3 is 0 Å². The van der Waals surface area contributed by atoms with Gasteiger partial charge in [-0.2, -0.15) is 0 Å². The molecule has 2 atom stereocenters. The molecule has 2 saturated heterocycles. The van der Waals surface area contributed by atoms with Crippen molar-refractivity contribution in [1.82, 2.24) is 10.2 Å². The lowest BCUT2D eigenvalue weighted by atomic mass is 10.0. The molecule has 2 nitrogen and oxygen atoms in total. The molecule has 3 heteroatoms. The monoisotopic (exact) mass is 186 g/mol. The van der Waals surface area contributed by atoms with Gasteiger partial charge in [0.15, 0.2) is 0 Å². The minimum atomic E-state index is 0.897. The SMILES string of the molecule is ClC=CCN1CC2CNCC2C1. The third-order valence-corrected chi connectivity index (χ3v) is 3.10. The molecular weight excluding hydrogens is 172 g/mol. The highest BCUT2D eigenvalue weighted by atomic mass is 35.5. The second kappa shape index (κ2) is 3.77. The Labute approximate surface area is 78.6 Å². The fraction of sp³-hybridized carbons (Fsp3) is 0.778. The predicted octanol–water partition coefficient (Wildman–Crippen LogP) is 0.890. The number of fused-ring (bicyclic) bond motifs is 1. The van der Waals surface area contributed by atoms with Crippen molar-refractivity contribution in [3.05, 3.63) is 11.6 Å². The summed E-state index contributed by atoms with van der Waals surface area (Å²) in [6.45, 7) is 5.95. The van der Waals surface area contributed by atoms with Crippen LogP contribution >= 0.6 is 11.6 Å². The van der Waals surface area contributed by atoms with Gasteiger partial charge in [0, 0.05) is 25.2 Å². The Kier molecular flexibility index (Phi) is 2.69. The van der Waals surface area contributed by atoms with E-state index >= 15 is 0 Å². The second-order valence-corrected chi connectivity index (χ2v) is 4.01. The zero-order chi connectivity index (χ0) is 8.39. The van der Waals surface area contributed by atoms with Crippen molar-refractivity contribution in [2.24, 2.45) is 11.8 Å². The fourth-order valence-electron chi connectivity index (χ4n) is 2.29. The number of nitrogens with zero attached hydrogens (tertiary/aromatic N) is 1. The maximum absolute atomic E-state index is 5.48. The molecule has 1 N–H and O–H groups in total. The van der Waals surface area contributed by atoms with Crippen molar-refractivity contribution < 1.29 is 0 Å². The molecular formula is C9H15ClN2. The molecule has 2 unspecified atom stereocenters. The van der Waals surface area contributed by atoms with E-state index in [2.05, 4.69) is 10.2 Å². The van der Waals surface area contributed by atoms with Crippen molar-refractivity contribution in [3.63, 3.8) is 0 Å². The lowest BCUT2D eigenvalue weighted by Gasteiger charge is -2.13. The third-order valence-electron chi connectivity index (χ3n) is 2.92. The number of hydrogen-bond acceptors (Lipinski definition) is 2. The highest BCUT2D eigenvalue weighted by molar-refractivity contribution is 6.25. The molecule has 12 heavy (non-hydrogen) atoms. The maximum Gasteiger partial charge on any atom is 0.0175 e. The first-order valence-electron chi connectivity index (χ1n) is 4.58. The first-order chi connectivity index (χ1) is 5.90. The summed E-state index contributed by atoms with van der Waals surface area (Å²) in [5.74, 6) is 1.79. The molecule has 2 aliphatic rings. The van der Waals surface area contributed by atoms with E-state index < -0.39 is 0 Å². The van der Waals surface area contributed by atoms with E-state index in [1.54, 1.807) is 5.54 Å². The first kappa shape index (κ1) is 8.54. The lowest BCUT2D eigenvalue weighted by molar-refractivity contribution is 0.346. The summed E-state index contributed by atoms with van der Waals surface area (Å²) < 4.78 is 0. The van der Waals surface area contributed by atoms with Crippen LogP contribution < -0.4 is 5.32 Å². The molecule has 0 spiro atoms. The average Bonchev–Trinajstić information content (AvgIpc) is 2.58. The minimum absolute atomic E-state index is 0.897. The van der Waals surface area contributed by atoms with Gasteiger partial charge in [-0.15, -0.1) is 0 Å². The molecule has 2 fully saturated rings. The van der Waals surface area contributed by atoms with E-state index in [9.17, 15) is 0 Å². The van der Waals surface area contributed by atoms with Gasteiger partial charge < -0.3 is 5.32 Å². The molecule has 0 aromatic rings. The molecule has 2 aliphatic heterocycles. The maximum atomic E-state index is 5.48. The van der Waals surface area contributed by atoms with Gasteiger partial charge in [0.1, 0.15) is 0 Å². The largest absolute Gasteiger partial charge is 0.316 e. The van der Waals surface area contributed by atoms with Crippen LogP contribution in [-0.4, -0.2) is 37.6 Å². The minimum Gasteiger partial charge on any atom is -0.316 e. The third kappa shape index (κ3) is 1.65. The Morgan fingerprint density at radius 3 is 2.58 bits per heavy atom. The molecule has 0 aliphatic carbocycles. The van der Waals surface area contributed by atoms with E-state index in [-0.39, 0.29) is 0 Å². The average molecular weight is 187 g/mol. The van der Waals surface area contributed by atoms with Crippen LogP contribution in [0.2, 0.25) is 0 Å². The summed E-state index contributed by atoms with van der Waals surface area (Å²) in [6, 6.07) is 0. The van der Waals surface area contributed by atoms with Crippen molar-refractivity contribution >= 4 is 11.6 Å². The number of nitrogens with one attached hydrogen (secondary N) is 1. The highest BCUT2D eigenvalue weighted by Gasteiger charge is 2.35. The molecule has 2 rings (SSSR count). The molecule has 68 valence electrons. The Morgan fingerprint density at radius 1 is 1.33 bits per heavy atom. The van der Waals surface area contributed by atoms with Gasteiger partial charge in [-0.1, -0.05) is 17.7 Å². The summed E-state index contributed by atoms with van der Waals surface area (Å²) in [5, 5.41) is 3.43. The van der Waals surface area contributed by atoms with E-state index in [0.717, 1.165) is 18.4 Å². The number of likely N-dealkylation sites (tertiary alicyclic amines) is 1. The van der Waals surface area contributed by atoms with E-state index in [0.29, 0.717) is 0 Å². The van der Waals surface area contributed by atoms with Gasteiger partial charge in [-0.05, 0) is 24.9 Å². The molecule has 2 heterocycles. The molecule has 0 aromatic heterocycles. The van der Waals surface area contributed by atoms with Crippen LogP contribution in [0.1, 0.15) is 0 Å². The van der Waals surface area contributed by atoms with Gasteiger partial charge in [-0.3, -0.25) is 4.90 Å². The first-order valence-corrected chi connectivity index (χ1v) is 5.02. The van der Waals surface area contributed by atoms with Gasteiger partial charge in [0.05, 0.1) is 0 Å². The smallest absolute Gasteiger partial charge is 0.0175 e. The van der Waals surface area contributed by atoms with Crippen LogP contribution in [-0.2, 0) is 0 Å². The summed E-state index contributed by atoms with van der Waals surface area (Å²) in [6.07, 6.45) is 2.02. The van der Waals surface area contributed by atoms with E-state index in [1.165, 1.54) is 26.2 Å². The quantitative estimate of drug-likeness (QED) is 0.689. The van der Waals surface area contributed by atoms with Crippen LogP contribution in [0.5, 0.6) is 0 Å². The molecule has 0 radical (unpaired) electrons. The van der Waals surface area contributed by atoms with Crippen LogP contribution in [0, 0.1) is 11.8 Å². The topological polar surface area (TPSA) is 15.3 Å². The van der Waals surface area contributed by atoms with Crippen LogP contribution in [0.3, 0.4) is 0 Å². The number of rotatable bonds is 2. The molecule has 0 amide bonds. The van der Waals surface area contributed by atoms with E-state index in [1.807, 2.05) is 6.08 Å². The normalized spacial score (nSPS) is 36.4. The van der Waals surface area contributed by atoms with Crippen LogP contribution in [0.4, 0.5) is 0 Å². The Bertz CT molecular complexity index is 169. The van der Waals surface area contributed by atoms with Gasteiger partial charge in [0.2, 0.25) is 0 Å². The zero-order valence-electron chi connectivity index (χ0n) is 7.17. The molecule has 0 saturated carbocycles. The summed E-state index contributed by atoms with van der Waals surface area (Å²) in [7, 11) is 0. The van der Waals surface area contributed by atoms with Gasteiger partial charge in [0.25, 0.3) is 0 Å². The Morgan fingerprint density at radius 2 is 2.00 bits per heavy atom. The Balaban J connectivity index is 1.82. The standard InChI is InChI=1S/C9H15ClN2/c10-2-1-3-12-6-8-4-11-5-9(8)7-12/h1-2,8-9,11H,3-7H2. The Hall–Kier alpha value is -0.0500. The molecule has 0 aromatic carbocycles.